The van der Waals surface area contributed by atoms with Gasteiger partial charge in [-0.3, -0.25) is 9.59 Å². The molecule has 0 aliphatic heterocycles. The molecule has 0 saturated heterocycles. The molecule has 8 heteroatoms. The van der Waals surface area contributed by atoms with Gasteiger partial charge < -0.3 is 23.8 Å². The number of esters is 2. The zero-order chi connectivity index (χ0) is 43.5. The summed E-state index contributed by atoms with van der Waals surface area (Å²) in [6.45, 7) is 4.61. The van der Waals surface area contributed by atoms with E-state index in [1.807, 2.05) is 27.2 Å². The second-order valence-electron chi connectivity index (χ2n) is 17.8. The summed E-state index contributed by atoms with van der Waals surface area (Å²) in [6.07, 6.45) is 49.2. The Morgan fingerprint density at radius 3 is 1.39 bits per heavy atom. The van der Waals surface area contributed by atoms with Crippen LogP contribution in [-0.4, -0.2) is 80.6 Å². The highest BCUT2D eigenvalue weighted by Gasteiger charge is 2.31. The Morgan fingerprint density at radius 1 is 0.525 bits per heavy atom. The first-order valence-corrected chi connectivity index (χ1v) is 24.6. The second kappa shape index (κ2) is 42.2. The Morgan fingerprint density at radius 2 is 0.949 bits per heavy atom. The summed E-state index contributed by atoms with van der Waals surface area (Å²) in [4.78, 5) is 37.0. The van der Waals surface area contributed by atoms with Crippen molar-refractivity contribution in [3.05, 3.63) is 36.5 Å². The molecule has 344 valence electrons. The third kappa shape index (κ3) is 40.7. The van der Waals surface area contributed by atoms with Gasteiger partial charge in [-0.15, -0.1) is 0 Å². The molecule has 59 heavy (non-hydrogen) atoms. The van der Waals surface area contributed by atoms with Crippen molar-refractivity contribution >= 4 is 17.9 Å². The molecular weight excluding hydrogens is 739 g/mol. The van der Waals surface area contributed by atoms with Gasteiger partial charge in [-0.25, -0.2) is 4.79 Å². The van der Waals surface area contributed by atoms with Gasteiger partial charge in [0.1, 0.15) is 6.61 Å². The molecule has 0 rings (SSSR count). The number of rotatable bonds is 44. The van der Waals surface area contributed by atoms with E-state index >= 15 is 0 Å². The number of allylic oxidation sites excluding steroid dienone is 6. The van der Waals surface area contributed by atoms with Crippen molar-refractivity contribution in [2.45, 2.75) is 231 Å². The second-order valence-corrected chi connectivity index (χ2v) is 17.8. The van der Waals surface area contributed by atoms with Gasteiger partial charge in [0.2, 0.25) is 0 Å². The van der Waals surface area contributed by atoms with Gasteiger partial charge >= 0.3 is 17.9 Å². The zero-order valence-corrected chi connectivity index (χ0v) is 39.2. The van der Waals surface area contributed by atoms with E-state index in [0.29, 0.717) is 19.3 Å². The molecule has 0 aromatic carbocycles. The number of unbranched alkanes of at least 4 members (excludes halogenated alkanes) is 26. The minimum absolute atomic E-state index is 0.0551. The van der Waals surface area contributed by atoms with E-state index in [1.165, 1.54) is 122 Å². The normalized spacial score (nSPS) is 13.2. The standard InChI is InChI=1S/C51H93NO7/c1-6-8-10-12-14-16-18-20-21-22-23-24-25-26-27-28-30-31-33-35-37-39-41-49(53)58-46-47(45-57-44-43-48(51(55)56)52(3,4)5)59-50(54)42-40-38-36-34-32-29-19-17-15-13-11-9-7-2/h9,11,13,15,17,19,47-48H,6-8,10,12,14,16,18,20-46H2,1-5H3/p+1/b11-9+,15-13+,19-17+. The monoisotopic (exact) mass is 833 g/mol. The topological polar surface area (TPSA) is 99.1 Å². The van der Waals surface area contributed by atoms with Crippen LogP contribution in [0.4, 0.5) is 0 Å². The Bertz CT molecular complexity index is 1060. The molecule has 0 aliphatic rings. The first kappa shape index (κ1) is 56.5. The van der Waals surface area contributed by atoms with Crippen LogP contribution < -0.4 is 0 Å². The van der Waals surface area contributed by atoms with Gasteiger partial charge in [0.15, 0.2) is 12.1 Å². The number of carboxylic acids is 1. The predicted molar refractivity (Wildman–Crippen MR) is 248 cm³/mol. The van der Waals surface area contributed by atoms with Crippen LogP contribution >= 0.6 is 0 Å². The maximum Gasteiger partial charge on any atom is 0.362 e. The van der Waals surface area contributed by atoms with Crippen LogP contribution in [-0.2, 0) is 28.6 Å². The minimum atomic E-state index is -0.877. The molecule has 1 N–H and O–H groups in total. The van der Waals surface area contributed by atoms with Crippen LogP contribution in [0.3, 0.4) is 0 Å². The van der Waals surface area contributed by atoms with Gasteiger partial charge in [0, 0.05) is 19.3 Å². The lowest BCUT2D eigenvalue weighted by atomic mass is 10.0. The summed E-state index contributed by atoms with van der Waals surface area (Å²) in [6, 6.07) is -0.617. The first-order chi connectivity index (χ1) is 28.6. The molecule has 0 bridgehead atoms. The van der Waals surface area contributed by atoms with Crippen LogP contribution in [0, 0.1) is 0 Å². The van der Waals surface area contributed by atoms with Gasteiger partial charge in [0.25, 0.3) is 0 Å². The fourth-order valence-electron chi connectivity index (χ4n) is 7.33. The molecule has 0 fully saturated rings. The fourth-order valence-corrected chi connectivity index (χ4v) is 7.33. The summed E-state index contributed by atoms with van der Waals surface area (Å²) in [7, 11) is 5.52. The number of aliphatic carboxylic acids is 1. The van der Waals surface area contributed by atoms with E-state index in [9.17, 15) is 19.5 Å². The van der Waals surface area contributed by atoms with Crippen molar-refractivity contribution in [2.24, 2.45) is 0 Å². The maximum atomic E-state index is 12.7. The van der Waals surface area contributed by atoms with Crippen LogP contribution in [0.15, 0.2) is 36.5 Å². The number of quaternary nitrogens is 1. The average Bonchev–Trinajstić information content (AvgIpc) is 3.19. The lowest BCUT2D eigenvalue weighted by molar-refractivity contribution is -0.887. The minimum Gasteiger partial charge on any atom is -0.477 e. The van der Waals surface area contributed by atoms with E-state index in [2.05, 4.69) is 44.2 Å². The molecule has 0 aromatic rings. The van der Waals surface area contributed by atoms with Crippen LogP contribution in [0.5, 0.6) is 0 Å². The molecule has 0 aliphatic carbocycles. The summed E-state index contributed by atoms with van der Waals surface area (Å²) < 4.78 is 17.3. The van der Waals surface area contributed by atoms with Crippen molar-refractivity contribution in [1.29, 1.82) is 0 Å². The van der Waals surface area contributed by atoms with E-state index < -0.39 is 18.1 Å². The fraction of sp³-hybridized carbons (Fsp3) is 0.824. The molecular formula is C51H94NO7+. The number of hydrogen-bond donors (Lipinski definition) is 1. The van der Waals surface area contributed by atoms with Crippen molar-refractivity contribution in [2.75, 3.05) is 41.0 Å². The summed E-state index contributed by atoms with van der Waals surface area (Å²) in [5, 5.41) is 9.63. The third-order valence-corrected chi connectivity index (χ3v) is 11.1. The first-order valence-electron chi connectivity index (χ1n) is 24.6. The van der Waals surface area contributed by atoms with Crippen molar-refractivity contribution < 1.29 is 38.2 Å². The van der Waals surface area contributed by atoms with Crippen LogP contribution in [0.2, 0.25) is 0 Å². The molecule has 2 atom stereocenters. The quantitative estimate of drug-likeness (QED) is 0.0282. The number of nitrogens with zero attached hydrogens (tertiary/aromatic N) is 1. The number of carbonyl (C=O) groups excluding carboxylic acids is 2. The maximum absolute atomic E-state index is 12.7. The highest BCUT2D eigenvalue weighted by atomic mass is 16.6. The average molecular weight is 833 g/mol. The van der Waals surface area contributed by atoms with Gasteiger partial charge in [-0.05, 0) is 32.1 Å². The lowest BCUT2D eigenvalue weighted by Crippen LogP contribution is -2.50. The number of carbonyl (C=O) groups is 3. The summed E-state index contributed by atoms with van der Waals surface area (Å²) in [5.41, 5.74) is 0. The summed E-state index contributed by atoms with van der Waals surface area (Å²) in [5.74, 6) is -1.48. The van der Waals surface area contributed by atoms with E-state index in [-0.39, 0.29) is 36.2 Å². The number of ether oxygens (including phenoxy) is 3. The molecule has 0 heterocycles. The van der Waals surface area contributed by atoms with Crippen LogP contribution in [0.25, 0.3) is 0 Å². The van der Waals surface area contributed by atoms with Gasteiger partial charge in [-0.2, -0.15) is 0 Å². The number of hydrogen-bond acceptors (Lipinski definition) is 6. The highest BCUT2D eigenvalue weighted by Crippen LogP contribution is 2.16. The number of carboxylic acid groups (broad SMARTS) is 1. The van der Waals surface area contributed by atoms with Crippen molar-refractivity contribution in [3.63, 3.8) is 0 Å². The van der Waals surface area contributed by atoms with E-state index in [4.69, 9.17) is 14.2 Å². The molecule has 0 radical (unpaired) electrons. The Balaban J connectivity index is 4.18. The molecule has 0 saturated carbocycles. The van der Waals surface area contributed by atoms with Crippen LogP contribution in [0.1, 0.15) is 219 Å². The molecule has 0 aromatic heterocycles. The molecule has 2 unspecified atom stereocenters. The van der Waals surface area contributed by atoms with Gasteiger partial charge in [-0.1, -0.05) is 204 Å². The molecule has 0 spiro atoms. The predicted octanol–water partition coefficient (Wildman–Crippen LogP) is 13.8. The van der Waals surface area contributed by atoms with Crippen molar-refractivity contribution in [3.8, 4) is 0 Å². The molecule has 8 nitrogen and oxygen atoms in total. The molecule has 0 amide bonds. The Kier molecular flexibility index (Phi) is 40.5. The van der Waals surface area contributed by atoms with Crippen molar-refractivity contribution in [1.82, 2.24) is 0 Å². The smallest absolute Gasteiger partial charge is 0.362 e. The number of likely N-dealkylation sites (N-methyl/N-ethyl adjacent to an activating group) is 1. The zero-order valence-electron chi connectivity index (χ0n) is 39.2. The largest absolute Gasteiger partial charge is 0.477 e. The Labute approximate surface area is 364 Å². The van der Waals surface area contributed by atoms with Gasteiger partial charge in [0.05, 0.1) is 34.4 Å². The SMILES string of the molecule is CC/C=C/C=C/C=C/CCCCCCCC(=O)OC(COCCC(C(=O)O)[N+](C)(C)C)COC(=O)CCCCCCCCCCCCCCCCCCCCCCCC. The lowest BCUT2D eigenvalue weighted by Gasteiger charge is -2.31. The summed E-state index contributed by atoms with van der Waals surface area (Å²) >= 11 is 0. The third-order valence-electron chi connectivity index (χ3n) is 11.1. The van der Waals surface area contributed by atoms with E-state index in [1.54, 1.807) is 0 Å². The highest BCUT2D eigenvalue weighted by molar-refractivity contribution is 5.72. The van der Waals surface area contributed by atoms with E-state index in [0.717, 1.165) is 64.2 Å². The Hall–Kier alpha value is -2.45.